The normalized spacial score (nSPS) is 28.5. The van der Waals surface area contributed by atoms with E-state index in [0.717, 1.165) is 0 Å². The van der Waals surface area contributed by atoms with Crippen molar-refractivity contribution >= 4 is 16.6 Å². The van der Waals surface area contributed by atoms with Crippen molar-refractivity contribution in [2.45, 2.75) is 217 Å². The molecule has 0 unspecified atom stereocenters. The highest BCUT2D eigenvalue weighted by Crippen LogP contribution is 2.50. The summed E-state index contributed by atoms with van der Waals surface area (Å²) in [7, 11) is -5.34. The Hall–Kier alpha value is -3.41. The van der Waals surface area contributed by atoms with Crippen LogP contribution in [0.25, 0.3) is 0 Å². The van der Waals surface area contributed by atoms with E-state index >= 15 is 0 Å². The molecule has 0 bridgehead atoms. The van der Waals surface area contributed by atoms with Crippen molar-refractivity contribution < 1.29 is 37.3 Å². The van der Waals surface area contributed by atoms with Crippen molar-refractivity contribution in [3.05, 3.63) is 65.7 Å². The van der Waals surface area contributed by atoms with Gasteiger partial charge in [-0.2, -0.15) is 0 Å². The standard InChI is InChI=1S/C46H70N4O12Si2/c1-18-31(61-63(24(2)3,25(4)5)26(6)7)35-37-40(60-46(16,17)57-37)42(56-35)50-30(23-34(52)48-44(50)54)19-20-32(62-64(27(8)9,28(10)11)29(12)13)36-38-39(59-45(14,15)58-38)41(55-36)49-22-21-33(51)47-43(49)53/h1,21-29,31-32,35-42H,2-17H3,(H,47,51,53)(H,48,52,54)/t31-,32-,35-,36-,37-,38-,39-,40-,41-,42-/m1/s1. The second-order valence-corrected chi connectivity index (χ2v) is 31.3. The summed E-state index contributed by atoms with van der Waals surface area (Å²) in [5.74, 6) is 7.18. The minimum atomic E-state index is -2.78. The number of H-pyrrole nitrogens is 2. The number of nitrogens with zero attached hydrogens (tertiary/aromatic N) is 2. The van der Waals surface area contributed by atoms with Crippen molar-refractivity contribution in [2.75, 3.05) is 0 Å². The molecule has 0 aliphatic carbocycles. The molecule has 64 heavy (non-hydrogen) atoms. The minimum absolute atomic E-state index is 0.0197. The Morgan fingerprint density at radius 3 is 1.52 bits per heavy atom. The first-order chi connectivity index (χ1) is 29.7. The maximum Gasteiger partial charge on any atom is 0.331 e. The number of nitrogens with one attached hydrogen (secondary N) is 2. The fourth-order valence-electron chi connectivity index (χ4n) is 11.4. The van der Waals surface area contributed by atoms with Crippen molar-refractivity contribution in [3.63, 3.8) is 0 Å². The van der Waals surface area contributed by atoms with E-state index in [-0.39, 0.29) is 38.9 Å². The van der Waals surface area contributed by atoms with Crippen LogP contribution in [0, 0.1) is 24.2 Å². The van der Waals surface area contributed by atoms with Crippen molar-refractivity contribution in [3.8, 4) is 24.2 Å². The zero-order valence-corrected chi connectivity index (χ0v) is 42.3. The molecule has 0 amide bonds. The molecule has 6 heterocycles. The van der Waals surface area contributed by atoms with E-state index in [1.54, 1.807) is 27.7 Å². The Balaban J connectivity index is 1.49. The summed E-state index contributed by atoms with van der Waals surface area (Å²) in [4.78, 5) is 57.4. The molecular formula is C46H70N4O12Si2. The number of hydrogen-bond donors (Lipinski definition) is 2. The average molecular weight is 927 g/mol. The largest absolute Gasteiger partial charge is 0.400 e. The highest BCUT2D eigenvalue weighted by Gasteiger charge is 2.62. The van der Waals surface area contributed by atoms with Gasteiger partial charge in [-0.25, -0.2) is 9.59 Å². The van der Waals surface area contributed by atoms with Gasteiger partial charge in [-0.3, -0.25) is 28.7 Å². The number of aromatic amines is 2. The Morgan fingerprint density at radius 1 is 0.625 bits per heavy atom. The maximum absolute atomic E-state index is 14.2. The van der Waals surface area contributed by atoms with Gasteiger partial charge in [0.15, 0.2) is 24.0 Å². The van der Waals surface area contributed by atoms with Gasteiger partial charge in [-0.15, -0.1) is 6.42 Å². The van der Waals surface area contributed by atoms with E-state index in [9.17, 15) is 19.2 Å². The summed E-state index contributed by atoms with van der Waals surface area (Å²) in [6.07, 6.45) is -1.40. The van der Waals surface area contributed by atoms with Crippen LogP contribution in [-0.2, 0) is 37.3 Å². The lowest BCUT2D eigenvalue weighted by molar-refractivity contribution is -0.203. The van der Waals surface area contributed by atoms with Gasteiger partial charge in [0.2, 0.25) is 16.6 Å². The summed E-state index contributed by atoms with van der Waals surface area (Å²) in [6, 6.07) is 2.47. The van der Waals surface area contributed by atoms with Crippen LogP contribution >= 0.6 is 0 Å². The van der Waals surface area contributed by atoms with E-state index in [0.29, 0.717) is 0 Å². The molecule has 0 aromatic carbocycles. The Kier molecular flexibility index (Phi) is 14.3. The predicted molar refractivity (Wildman–Crippen MR) is 246 cm³/mol. The van der Waals surface area contributed by atoms with E-state index in [2.05, 4.69) is 111 Å². The summed E-state index contributed by atoms with van der Waals surface area (Å²) in [6.45, 7) is 33.0. The topological polar surface area (TPSA) is 184 Å². The third kappa shape index (κ3) is 9.04. The van der Waals surface area contributed by atoms with Crippen LogP contribution in [0.15, 0.2) is 37.5 Å². The van der Waals surface area contributed by atoms with Gasteiger partial charge < -0.3 is 37.3 Å². The summed E-state index contributed by atoms with van der Waals surface area (Å²) in [5.41, 5.74) is -1.69. The van der Waals surface area contributed by atoms with Gasteiger partial charge in [0.25, 0.3) is 11.1 Å². The lowest BCUT2D eigenvalue weighted by Crippen LogP contribution is -2.53. The molecular weight excluding hydrogens is 857 g/mol. The van der Waals surface area contributed by atoms with Crippen molar-refractivity contribution in [1.29, 1.82) is 0 Å². The molecule has 4 fully saturated rings. The molecule has 10 atom stereocenters. The van der Waals surface area contributed by atoms with Crippen LogP contribution in [0.3, 0.4) is 0 Å². The molecule has 16 nitrogen and oxygen atoms in total. The zero-order valence-electron chi connectivity index (χ0n) is 40.3. The van der Waals surface area contributed by atoms with Gasteiger partial charge in [-0.1, -0.05) is 94.9 Å². The predicted octanol–water partition coefficient (Wildman–Crippen LogP) is 6.03. The molecule has 6 rings (SSSR count). The van der Waals surface area contributed by atoms with Crippen molar-refractivity contribution in [2.24, 2.45) is 0 Å². The fraction of sp³-hybridized carbons (Fsp3) is 0.739. The zero-order chi connectivity index (χ0) is 47.6. The monoisotopic (exact) mass is 926 g/mol. The number of fused-ring (bicyclic) bond motifs is 2. The Bertz CT molecular complexity index is 2320. The first-order valence-electron chi connectivity index (χ1n) is 22.7. The van der Waals surface area contributed by atoms with Crippen molar-refractivity contribution in [1.82, 2.24) is 19.1 Å². The van der Waals surface area contributed by atoms with Crippen LogP contribution < -0.4 is 22.5 Å². The molecule has 4 aliphatic heterocycles. The van der Waals surface area contributed by atoms with Gasteiger partial charge >= 0.3 is 11.4 Å². The molecule has 4 saturated heterocycles. The average Bonchev–Trinajstić information content (AvgIpc) is 3.87. The highest BCUT2D eigenvalue weighted by atomic mass is 28.4. The smallest absolute Gasteiger partial charge is 0.331 e. The molecule has 354 valence electrons. The molecule has 2 aromatic heterocycles. The Morgan fingerprint density at radius 2 is 1.05 bits per heavy atom. The lowest BCUT2D eigenvalue weighted by atomic mass is 10.1. The summed E-state index contributed by atoms with van der Waals surface area (Å²) < 4.78 is 56.4. The van der Waals surface area contributed by atoms with Gasteiger partial charge in [-0.05, 0) is 66.9 Å². The first kappa shape index (κ1) is 50.0. The van der Waals surface area contributed by atoms with Gasteiger partial charge in [0.05, 0.1) is 0 Å². The van der Waals surface area contributed by atoms with E-state index in [4.69, 9.17) is 43.7 Å². The van der Waals surface area contributed by atoms with E-state index in [1.807, 2.05) is 0 Å². The third-order valence-corrected chi connectivity index (χ3v) is 25.8. The molecule has 0 radical (unpaired) electrons. The number of aromatic nitrogens is 4. The number of hydrogen-bond acceptors (Lipinski definition) is 12. The highest BCUT2D eigenvalue weighted by molar-refractivity contribution is 6.78. The summed E-state index contributed by atoms with van der Waals surface area (Å²) >= 11 is 0. The van der Waals surface area contributed by atoms with Crippen LogP contribution in [-0.4, -0.2) is 96.1 Å². The summed E-state index contributed by atoms with van der Waals surface area (Å²) in [5, 5.41) is 0. The SMILES string of the molecule is C#C[C@@H](O[Si](C(C)C)(C(C)C)C(C)C)[C@H]1O[C@@H](n2c(C#C[C@@H](O[Si](C(C)C)(C(C)C)C(C)C)[C@H]3O[C@@H](n4ccc(=O)[nH]c4=O)[C@@H]4OC(C)(C)O[C@@H]43)cc(=O)[nH]c2=O)[C@@H]2OC(C)(C)O[C@@H]21. The van der Waals surface area contributed by atoms with Gasteiger partial charge in [0, 0.05) is 18.3 Å². The number of rotatable bonds is 14. The lowest BCUT2D eigenvalue weighted by Gasteiger charge is -2.45. The minimum Gasteiger partial charge on any atom is -0.400 e. The van der Waals surface area contributed by atoms with Gasteiger partial charge in [0.1, 0.15) is 54.5 Å². The second kappa shape index (κ2) is 18.3. The molecule has 2 N–H and O–H groups in total. The Labute approximate surface area is 378 Å². The fourth-order valence-corrected chi connectivity index (χ4v) is 22.3. The van der Waals surface area contributed by atoms with Crippen LogP contribution in [0.1, 0.15) is 129 Å². The van der Waals surface area contributed by atoms with Crippen LogP contribution in [0.5, 0.6) is 0 Å². The third-order valence-electron chi connectivity index (χ3n) is 13.7. The van der Waals surface area contributed by atoms with E-state index in [1.165, 1.54) is 27.5 Å². The second-order valence-electron chi connectivity index (χ2n) is 20.5. The molecule has 0 spiro atoms. The molecule has 2 aromatic rings. The number of terminal acetylenes is 1. The van der Waals surface area contributed by atoms with Crippen LogP contribution in [0.4, 0.5) is 0 Å². The number of ether oxygens (including phenoxy) is 6. The molecule has 18 heteroatoms. The maximum atomic E-state index is 14.2. The quantitative estimate of drug-likeness (QED) is 0.166. The first-order valence-corrected chi connectivity index (χ1v) is 27.0. The van der Waals surface area contributed by atoms with Crippen LogP contribution in [0.2, 0.25) is 33.2 Å². The molecule has 4 aliphatic rings. The molecule has 0 saturated carbocycles. The van der Waals surface area contributed by atoms with E-state index < -0.39 is 112 Å².